The number of rotatable bonds is 8. The molecule has 3 aromatic carbocycles. The van der Waals surface area contributed by atoms with Crippen LogP contribution in [-0.4, -0.2) is 21.7 Å². The van der Waals surface area contributed by atoms with Crippen LogP contribution in [0.4, 0.5) is 0 Å². The highest BCUT2D eigenvalue weighted by molar-refractivity contribution is 7.89. The van der Waals surface area contributed by atoms with Gasteiger partial charge in [0, 0.05) is 0 Å². The molecule has 0 aliphatic heterocycles. The number of hydrazone groups is 1. The standard InChI is InChI=1S/C23H23ClN2O4S/c1-16-4-8-18(9-5-16)15-30-23-21(24)12-19(13-22(23)29-3)14-25-26-31(27,28)20-10-6-17(2)7-11-20/h4-14,26H,15H2,1-3H3/b25-14+. The Labute approximate surface area is 187 Å². The van der Waals surface area contributed by atoms with Gasteiger partial charge in [-0.25, -0.2) is 4.83 Å². The molecule has 8 heteroatoms. The van der Waals surface area contributed by atoms with E-state index >= 15 is 0 Å². The van der Waals surface area contributed by atoms with Gasteiger partial charge in [-0.1, -0.05) is 59.1 Å². The minimum atomic E-state index is -3.76. The van der Waals surface area contributed by atoms with E-state index < -0.39 is 10.0 Å². The van der Waals surface area contributed by atoms with Crippen molar-refractivity contribution in [1.29, 1.82) is 0 Å². The third kappa shape index (κ3) is 5.99. The van der Waals surface area contributed by atoms with Gasteiger partial charge in [-0.15, -0.1) is 0 Å². The molecule has 0 unspecified atom stereocenters. The Morgan fingerprint density at radius 1 is 1.00 bits per heavy atom. The van der Waals surface area contributed by atoms with Crippen molar-refractivity contribution in [3.05, 3.63) is 87.9 Å². The second-order valence-electron chi connectivity index (χ2n) is 6.97. The van der Waals surface area contributed by atoms with Crippen molar-refractivity contribution < 1.29 is 17.9 Å². The monoisotopic (exact) mass is 458 g/mol. The molecule has 1 N–H and O–H groups in total. The summed E-state index contributed by atoms with van der Waals surface area (Å²) in [6.45, 7) is 4.24. The summed E-state index contributed by atoms with van der Waals surface area (Å²) in [6.07, 6.45) is 1.35. The Morgan fingerprint density at radius 2 is 1.61 bits per heavy atom. The minimum Gasteiger partial charge on any atom is -0.493 e. The number of hydrogen-bond donors (Lipinski definition) is 1. The number of ether oxygens (including phenoxy) is 2. The molecule has 0 saturated heterocycles. The number of sulfonamides is 1. The highest BCUT2D eigenvalue weighted by Gasteiger charge is 2.14. The molecule has 0 spiro atoms. The van der Waals surface area contributed by atoms with E-state index in [1.165, 1.54) is 31.0 Å². The van der Waals surface area contributed by atoms with Crippen molar-refractivity contribution in [2.75, 3.05) is 7.11 Å². The smallest absolute Gasteiger partial charge is 0.276 e. The van der Waals surface area contributed by atoms with E-state index in [0.29, 0.717) is 28.7 Å². The average Bonchev–Trinajstić information content (AvgIpc) is 2.74. The molecule has 0 aliphatic carbocycles. The maximum atomic E-state index is 12.3. The molecule has 3 rings (SSSR count). The van der Waals surface area contributed by atoms with E-state index in [2.05, 4.69) is 9.93 Å². The number of methoxy groups -OCH3 is 1. The number of halogens is 1. The van der Waals surface area contributed by atoms with E-state index in [1.54, 1.807) is 24.3 Å². The fraction of sp³-hybridized carbons (Fsp3) is 0.174. The third-order valence-electron chi connectivity index (χ3n) is 4.47. The topological polar surface area (TPSA) is 77.0 Å². The summed E-state index contributed by atoms with van der Waals surface area (Å²) in [6, 6.07) is 17.8. The van der Waals surface area contributed by atoms with Gasteiger partial charge in [-0.05, 0) is 49.2 Å². The molecule has 6 nitrogen and oxygen atoms in total. The summed E-state index contributed by atoms with van der Waals surface area (Å²) in [5.41, 5.74) is 3.69. The zero-order valence-corrected chi connectivity index (χ0v) is 19.0. The Bertz CT molecular complexity index is 1180. The molecular formula is C23H23ClN2O4S. The van der Waals surface area contributed by atoms with Crippen molar-refractivity contribution in [2.24, 2.45) is 5.10 Å². The van der Waals surface area contributed by atoms with Crippen LogP contribution >= 0.6 is 11.6 Å². The largest absolute Gasteiger partial charge is 0.493 e. The van der Waals surface area contributed by atoms with Crippen LogP contribution in [0.25, 0.3) is 0 Å². The van der Waals surface area contributed by atoms with E-state index in [0.717, 1.165) is 11.1 Å². The van der Waals surface area contributed by atoms with Crippen LogP contribution in [0.2, 0.25) is 5.02 Å². The molecule has 0 aromatic heterocycles. The van der Waals surface area contributed by atoms with Gasteiger partial charge in [0.1, 0.15) is 6.61 Å². The lowest BCUT2D eigenvalue weighted by Crippen LogP contribution is -2.18. The molecular weight excluding hydrogens is 436 g/mol. The Balaban J connectivity index is 1.72. The SMILES string of the molecule is COc1cc(/C=N/NS(=O)(=O)c2ccc(C)cc2)cc(Cl)c1OCc1ccc(C)cc1. The molecule has 0 aliphatic rings. The second kappa shape index (κ2) is 9.85. The van der Waals surface area contributed by atoms with Gasteiger partial charge in [0.05, 0.1) is 23.2 Å². The van der Waals surface area contributed by atoms with Crippen LogP contribution < -0.4 is 14.3 Å². The molecule has 0 saturated carbocycles. The summed E-state index contributed by atoms with van der Waals surface area (Å²) >= 11 is 6.38. The fourth-order valence-corrected chi connectivity index (χ4v) is 3.80. The predicted octanol–water partition coefficient (Wildman–Crippen LogP) is 4.86. The van der Waals surface area contributed by atoms with Crippen LogP contribution in [0.1, 0.15) is 22.3 Å². The lowest BCUT2D eigenvalue weighted by Gasteiger charge is -2.13. The number of nitrogens with one attached hydrogen (secondary N) is 1. The van der Waals surface area contributed by atoms with Crippen LogP contribution in [-0.2, 0) is 16.6 Å². The predicted molar refractivity (Wildman–Crippen MR) is 123 cm³/mol. The van der Waals surface area contributed by atoms with Crippen LogP contribution in [0.15, 0.2) is 70.7 Å². The van der Waals surface area contributed by atoms with E-state index in [1.807, 2.05) is 38.1 Å². The second-order valence-corrected chi connectivity index (χ2v) is 9.04. The minimum absolute atomic E-state index is 0.130. The first-order valence-corrected chi connectivity index (χ1v) is 11.3. The van der Waals surface area contributed by atoms with Gasteiger partial charge in [-0.2, -0.15) is 13.5 Å². The lowest BCUT2D eigenvalue weighted by molar-refractivity contribution is 0.284. The molecule has 0 amide bonds. The number of hydrogen-bond acceptors (Lipinski definition) is 5. The van der Waals surface area contributed by atoms with E-state index in [9.17, 15) is 8.42 Å². The molecule has 3 aromatic rings. The Kier molecular flexibility index (Phi) is 7.20. The number of aryl methyl sites for hydroxylation is 2. The Hall–Kier alpha value is -3.03. The number of benzene rings is 3. The van der Waals surface area contributed by atoms with Crippen molar-refractivity contribution in [3.63, 3.8) is 0 Å². The molecule has 0 bridgehead atoms. The molecule has 31 heavy (non-hydrogen) atoms. The molecule has 0 radical (unpaired) electrons. The van der Waals surface area contributed by atoms with E-state index in [4.69, 9.17) is 21.1 Å². The first-order valence-electron chi connectivity index (χ1n) is 9.46. The van der Waals surface area contributed by atoms with Crippen molar-refractivity contribution in [2.45, 2.75) is 25.3 Å². The highest BCUT2D eigenvalue weighted by atomic mass is 35.5. The first-order chi connectivity index (χ1) is 14.8. The maximum absolute atomic E-state index is 12.3. The number of nitrogens with zero attached hydrogens (tertiary/aromatic N) is 1. The quantitative estimate of drug-likeness (QED) is 0.386. The summed E-state index contributed by atoms with van der Waals surface area (Å²) in [5.74, 6) is 0.824. The lowest BCUT2D eigenvalue weighted by atomic mass is 10.1. The van der Waals surface area contributed by atoms with Crippen molar-refractivity contribution in [3.8, 4) is 11.5 Å². The zero-order chi connectivity index (χ0) is 22.4. The van der Waals surface area contributed by atoms with Gasteiger partial charge >= 0.3 is 0 Å². The van der Waals surface area contributed by atoms with Gasteiger partial charge < -0.3 is 9.47 Å². The molecule has 162 valence electrons. The summed E-state index contributed by atoms with van der Waals surface area (Å²) in [5, 5.41) is 4.17. The van der Waals surface area contributed by atoms with Crippen LogP contribution in [0.3, 0.4) is 0 Å². The maximum Gasteiger partial charge on any atom is 0.276 e. The average molecular weight is 459 g/mol. The highest BCUT2D eigenvalue weighted by Crippen LogP contribution is 2.36. The van der Waals surface area contributed by atoms with Crippen LogP contribution in [0.5, 0.6) is 11.5 Å². The van der Waals surface area contributed by atoms with Gasteiger partial charge in [-0.3, -0.25) is 0 Å². The first kappa shape index (κ1) is 22.7. The molecule has 0 heterocycles. The van der Waals surface area contributed by atoms with Crippen molar-refractivity contribution in [1.82, 2.24) is 4.83 Å². The normalized spacial score (nSPS) is 11.5. The summed E-state index contributed by atoms with van der Waals surface area (Å²) in [7, 11) is -2.25. The van der Waals surface area contributed by atoms with Crippen LogP contribution in [0, 0.1) is 13.8 Å². The molecule has 0 atom stereocenters. The fourth-order valence-electron chi connectivity index (χ4n) is 2.73. The summed E-state index contributed by atoms with van der Waals surface area (Å²) in [4.78, 5) is 2.32. The third-order valence-corrected chi connectivity index (χ3v) is 5.99. The van der Waals surface area contributed by atoms with E-state index in [-0.39, 0.29) is 4.90 Å². The summed E-state index contributed by atoms with van der Waals surface area (Å²) < 4.78 is 35.9. The Morgan fingerprint density at radius 3 is 2.23 bits per heavy atom. The van der Waals surface area contributed by atoms with Crippen molar-refractivity contribution >= 4 is 27.8 Å². The van der Waals surface area contributed by atoms with Gasteiger partial charge in [0.25, 0.3) is 10.0 Å². The van der Waals surface area contributed by atoms with Gasteiger partial charge in [0.15, 0.2) is 11.5 Å². The van der Waals surface area contributed by atoms with Gasteiger partial charge in [0.2, 0.25) is 0 Å². The zero-order valence-electron chi connectivity index (χ0n) is 17.4. The molecule has 0 fully saturated rings.